The van der Waals surface area contributed by atoms with Crippen LogP contribution in [0.5, 0.6) is 0 Å². The van der Waals surface area contributed by atoms with Crippen molar-refractivity contribution in [3.05, 3.63) is 33.8 Å². The zero-order valence-electron chi connectivity index (χ0n) is 9.04. The first-order chi connectivity index (χ1) is 7.53. The van der Waals surface area contributed by atoms with Crippen LogP contribution in [-0.4, -0.2) is 17.3 Å². The van der Waals surface area contributed by atoms with E-state index in [0.717, 1.165) is 12.8 Å². The number of aliphatic hydroxyl groups is 1. The molecule has 0 bridgehead atoms. The van der Waals surface area contributed by atoms with E-state index in [-0.39, 0.29) is 0 Å². The van der Waals surface area contributed by atoms with Gasteiger partial charge in [0.2, 0.25) is 0 Å². The molecule has 1 aliphatic heterocycles. The fraction of sp³-hybridized carbons (Fsp3) is 0.500. The maximum Gasteiger partial charge on any atom is 0.109 e. The molecular formula is C12H14Cl2O2. The highest BCUT2D eigenvalue weighted by molar-refractivity contribution is 6.35. The fourth-order valence-corrected chi connectivity index (χ4v) is 2.58. The molecule has 2 nitrogen and oxygen atoms in total. The van der Waals surface area contributed by atoms with E-state index >= 15 is 0 Å². The molecule has 1 N–H and O–H groups in total. The van der Waals surface area contributed by atoms with Crippen molar-refractivity contribution in [2.45, 2.75) is 31.5 Å². The van der Waals surface area contributed by atoms with Crippen LogP contribution in [0, 0.1) is 0 Å². The zero-order chi connectivity index (χ0) is 11.8. The summed E-state index contributed by atoms with van der Waals surface area (Å²) in [5.41, 5.74) is 0.146. The lowest BCUT2D eigenvalue weighted by Gasteiger charge is -2.30. The van der Waals surface area contributed by atoms with Gasteiger partial charge in [0.1, 0.15) is 6.10 Å². The van der Waals surface area contributed by atoms with Gasteiger partial charge >= 0.3 is 0 Å². The predicted octanol–water partition coefficient (Wildman–Crippen LogP) is 3.60. The second-order valence-electron chi connectivity index (χ2n) is 4.33. The Balaban J connectivity index is 2.29. The van der Waals surface area contributed by atoms with Gasteiger partial charge < -0.3 is 9.84 Å². The number of aliphatic hydroxyl groups excluding tert-OH is 1. The van der Waals surface area contributed by atoms with Gasteiger partial charge in [-0.3, -0.25) is 0 Å². The molecule has 2 atom stereocenters. The molecule has 0 radical (unpaired) electrons. The lowest BCUT2D eigenvalue weighted by atomic mass is 9.90. The van der Waals surface area contributed by atoms with Crippen molar-refractivity contribution in [2.24, 2.45) is 0 Å². The van der Waals surface area contributed by atoms with Crippen LogP contribution in [-0.2, 0) is 4.74 Å². The van der Waals surface area contributed by atoms with Crippen molar-refractivity contribution in [3.8, 4) is 0 Å². The molecule has 16 heavy (non-hydrogen) atoms. The van der Waals surface area contributed by atoms with Crippen LogP contribution in [0.3, 0.4) is 0 Å². The topological polar surface area (TPSA) is 29.5 Å². The van der Waals surface area contributed by atoms with Gasteiger partial charge in [0.05, 0.1) is 5.60 Å². The molecule has 1 saturated heterocycles. The average molecular weight is 261 g/mol. The van der Waals surface area contributed by atoms with Crippen LogP contribution >= 0.6 is 23.2 Å². The third-order valence-corrected chi connectivity index (χ3v) is 3.65. The standard InChI is InChI=1S/C12H14Cl2O2/c1-12(5-2-6-16-12)11(15)9-4-3-8(13)7-10(9)14/h3-4,7,11,15H,2,5-6H2,1H3. The first kappa shape index (κ1) is 12.2. The number of rotatable bonds is 2. The molecule has 1 aromatic carbocycles. The van der Waals surface area contributed by atoms with E-state index in [0.29, 0.717) is 22.2 Å². The Morgan fingerprint density at radius 1 is 1.44 bits per heavy atom. The van der Waals surface area contributed by atoms with Crippen molar-refractivity contribution in [1.29, 1.82) is 0 Å². The summed E-state index contributed by atoms with van der Waals surface area (Å²) < 4.78 is 5.60. The minimum absolute atomic E-state index is 0.483. The fourth-order valence-electron chi connectivity index (χ4n) is 2.07. The summed E-state index contributed by atoms with van der Waals surface area (Å²) in [6.07, 6.45) is 1.10. The second-order valence-corrected chi connectivity index (χ2v) is 5.18. The average Bonchev–Trinajstić information content (AvgIpc) is 2.66. The molecular weight excluding hydrogens is 247 g/mol. The largest absolute Gasteiger partial charge is 0.385 e. The SMILES string of the molecule is CC1(C(O)c2ccc(Cl)cc2Cl)CCCO1. The van der Waals surface area contributed by atoms with E-state index in [4.69, 9.17) is 27.9 Å². The third-order valence-electron chi connectivity index (χ3n) is 3.08. The van der Waals surface area contributed by atoms with Crippen molar-refractivity contribution < 1.29 is 9.84 Å². The van der Waals surface area contributed by atoms with Crippen LogP contribution in [0.1, 0.15) is 31.4 Å². The van der Waals surface area contributed by atoms with Crippen LogP contribution in [0.25, 0.3) is 0 Å². The van der Waals surface area contributed by atoms with Gasteiger partial charge in [-0.25, -0.2) is 0 Å². The molecule has 0 amide bonds. The minimum atomic E-state index is -0.709. The Kier molecular flexibility index (Phi) is 3.45. The molecule has 2 unspecified atom stereocenters. The summed E-state index contributed by atoms with van der Waals surface area (Å²) in [6.45, 7) is 2.61. The van der Waals surface area contributed by atoms with E-state index in [2.05, 4.69) is 0 Å². The van der Waals surface area contributed by atoms with Gasteiger partial charge in [0, 0.05) is 22.2 Å². The van der Waals surface area contributed by atoms with E-state index in [1.807, 2.05) is 6.92 Å². The second kappa shape index (κ2) is 4.53. The number of halogens is 2. The summed E-state index contributed by atoms with van der Waals surface area (Å²) in [4.78, 5) is 0. The zero-order valence-corrected chi connectivity index (χ0v) is 10.6. The van der Waals surface area contributed by atoms with Crippen molar-refractivity contribution in [2.75, 3.05) is 6.61 Å². The molecule has 0 saturated carbocycles. The lowest BCUT2D eigenvalue weighted by molar-refractivity contribution is -0.0795. The third kappa shape index (κ3) is 2.21. The van der Waals surface area contributed by atoms with E-state index in [1.54, 1.807) is 18.2 Å². The molecule has 0 aromatic heterocycles. The molecule has 4 heteroatoms. The Hall–Kier alpha value is -0.280. The van der Waals surface area contributed by atoms with Crippen molar-refractivity contribution >= 4 is 23.2 Å². The highest BCUT2D eigenvalue weighted by atomic mass is 35.5. The number of benzene rings is 1. The Morgan fingerprint density at radius 2 is 2.19 bits per heavy atom. The van der Waals surface area contributed by atoms with Gasteiger partial charge in [0.15, 0.2) is 0 Å². The normalized spacial score (nSPS) is 27.0. The van der Waals surface area contributed by atoms with E-state index < -0.39 is 11.7 Å². The molecule has 1 aliphatic rings. The van der Waals surface area contributed by atoms with Crippen molar-refractivity contribution in [3.63, 3.8) is 0 Å². The summed E-state index contributed by atoms with van der Waals surface area (Å²) in [5.74, 6) is 0. The summed E-state index contributed by atoms with van der Waals surface area (Å²) in [6, 6.07) is 5.12. The molecule has 0 spiro atoms. The highest BCUT2D eigenvalue weighted by Gasteiger charge is 2.39. The quantitative estimate of drug-likeness (QED) is 0.881. The first-order valence-electron chi connectivity index (χ1n) is 5.30. The molecule has 1 fully saturated rings. The van der Waals surface area contributed by atoms with Gasteiger partial charge in [-0.2, -0.15) is 0 Å². The minimum Gasteiger partial charge on any atom is -0.385 e. The molecule has 0 aliphatic carbocycles. The van der Waals surface area contributed by atoms with Crippen LogP contribution in [0.2, 0.25) is 10.0 Å². The summed E-state index contributed by atoms with van der Waals surface area (Å²) in [7, 11) is 0. The summed E-state index contributed by atoms with van der Waals surface area (Å²) >= 11 is 11.9. The highest BCUT2D eigenvalue weighted by Crippen LogP contribution is 2.40. The number of hydrogen-bond acceptors (Lipinski definition) is 2. The molecule has 88 valence electrons. The maximum absolute atomic E-state index is 10.3. The van der Waals surface area contributed by atoms with Gasteiger partial charge in [-0.1, -0.05) is 29.3 Å². The van der Waals surface area contributed by atoms with Gasteiger partial charge in [-0.15, -0.1) is 0 Å². The molecule has 2 rings (SSSR count). The van der Waals surface area contributed by atoms with E-state index in [9.17, 15) is 5.11 Å². The van der Waals surface area contributed by atoms with Crippen molar-refractivity contribution in [1.82, 2.24) is 0 Å². The van der Waals surface area contributed by atoms with Crippen LogP contribution in [0.15, 0.2) is 18.2 Å². The lowest BCUT2D eigenvalue weighted by Crippen LogP contribution is -2.32. The molecule has 1 heterocycles. The maximum atomic E-state index is 10.3. The van der Waals surface area contributed by atoms with Crippen LogP contribution in [0.4, 0.5) is 0 Å². The van der Waals surface area contributed by atoms with Crippen LogP contribution < -0.4 is 0 Å². The number of ether oxygens (including phenoxy) is 1. The Bertz CT molecular complexity index is 387. The van der Waals surface area contributed by atoms with Gasteiger partial charge in [-0.05, 0) is 31.9 Å². The first-order valence-corrected chi connectivity index (χ1v) is 6.05. The predicted molar refractivity (Wildman–Crippen MR) is 65.0 cm³/mol. The van der Waals surface area contributed by atoms with E-state index in [1.165, 1.54) is 0 Å². The van der Waals surface area contributed by atoms with Gasteiger partial charge in [0.25, 0.3) is 0 Å². The Morgan fingerprint density at radius 3 is 2.75 bits per heavy atom. The Labute approximate surface area is 105 Å². The number of hydrogen-bond donors (Lipinski definition) is 1. The molecule has 1 aromatic rings. The smallest absolute Gasteiger partial charge is 0.109 e. The summed E-state index contributed by atoms with van der Waals surface area (Å²) in [5, 5.41) is 11.3. The monoisotopic (exact) mass is 260 g/mol.